The van der Waals surface area contributed by atoms with Gasteiger partial charge in [-0.05, 0) is 19.1 Å². The van der Waals surface area contributed by atoms with E-state index in [1.807, 2.05) is 37.3 Å². The Morgan fingerprint density at radius 3 is 2.74 bits per heavy atom. The minimum absolute atomic E-state index is 0.128. The van der Waals surface area contributed by atoms with Gasteiger partial charge >= 0.3 is 5.76 Å². The first kappa shape index (κ1) is 15.2. The van der Waals surface area contributed by atoms with Crippen molar-refractivity contribution >= 4 is 17.2 Å². The topological polar surface area (TPSA) is 77.1 Å². The summed E-state index contributed by atoms with van der Waals surface area (Å²) in [6.45, 7) is 2.33. The van der Waals surface area contributed by atoms with Gasteiger partial charge in [0.05, 0.1) is 6.54 Å². The van der Waals surface area contributed by atoms with Crippen LogP contribution in [0.15, 0.2) is 51.8 Å². The van der Waals surface area contributed by atoms with Gasteiger partial charge in [0.2, 0.25) is 5.91 Å². The molecule has 0 unspecified atom stereocenters. The zero-order valence-corrected chi connectivity index (χ0v) is 13.3. The lowest BCUT2D eigenvalue weighted by atomic mass is 10.2. The molecule has 0 aliphatic heterocycles. The molecule has 0 spiro atoms. The summed E-state index contributed by atoms with van der Waals surface area (Å²) in [7, 11) is 0. The predicted octanol–water partition coefficient (Wildman–Crippen LogP) is 2.19. The molecule has 0 saturated carbocycles. The molecule has 23 heavy (non-hydrogen) atoms. The number of hydrogen-bond acceptors (Lipinski definition) is 5. The summed E-state index contributed by atoms with van der Waals surface area (Å²) in [4.78, 5) is 26.1. The van der Waals surface area contributed by atoms with Crippen molar-refractivity contribution in [2.24, 2.45) is 0 Å². The third-order valence-corrected chi connectivity index (χ3v) is 4.28. The summed E-state index contributed by atoms with van der Waals surface area (Å²) in [6, 6.07) is 13.1. The minimum atomic E-state index is -0.647. The summed E-state index contributed by atoms with van der Waals surface area (Å²) < 4.78 is 5.92. The van der Waals surface area contributed by atoms with Crippen molar-refractivity contribution in [2.75, 3.05) is 0 Å². The van der Waals surface area contributed by atoms with E-state index in [1.165, 1.54) is 9.44 Å². The van der Waals surface area contributed by atoms with E-state index in [0.29, 0.717) is 12.4 Å². The van der Waals surface area contributed by atoms with Gasteiger partial charge in [-0.1, -0.05) is 35.5 Å². The number of hydrogen-bond donors (Lipinski definition) is 1. The van der Waals surface area contributed by atoms with Crippen LogP contribution in [-0.2, 0) is 17.9 Å². The molecule has 2 aromatic heterocycles. The van der Waals surface area contributed by atoms with E-state index in [9.17, 15) is 9.59 Å². The number of aryl methyl sites for hydroxylation is 1. The van der Waals surface area contributed by atoms with Crippen LogP contribution in [0.25, 0.3) is 11.4 Å². The van der Waals surface area contributed by atoms with Gasteiger partial charge in [0, 0.05) is 15.3 Å². The Balaban J connectivity index is 1.71. The fraction of sp³-hybridized carbons (Fsp3) is 0.188. The third kappa shape index (κ3) is 3.57. The molecule has 7 heteroatoms. The van der Waals surface area contributed by atoms with Crippen molar-refractivity contribution in [2.45, 2.75) is 20.0 Å². The van der Waals surface area contributed by atoms with Crippen molar-refractivity contribution in [3.63, 3.8) is 0 Å². The first-order valence-corrected chi connectivity index (χ1v) is 7.89. The van der Waals surface area contributed by atoms with Crippen LogP contribution < -0.4 is 11.1 Å². The molecular formula is C16H15N3O3S. The standard InChI is InChI=1S/C16H15N3O3S/c1-11-7-8-13(23-11)9-17-14(20)10-19-15(18-22-16(19)21)12-5-3-2-4-6-12/h2-8H,9-10H2,1H3,(H,17,20). The third-order valence-electron chi connectivity index (χ3n) is 3.28. The van der Waals surface area contributed by atoms with E-state index in [4.69, 9.17) is 4.52 Å². The van der Waals surface area contributed by atoms with Crippen LogP contribution in [0.2, 0.25) is 0 Å². The highest BCUT2D eigenvalue weighted by molar-refractivity contribution is 7.11. The molecule has 0 aliphatic rings. The van der Waals surface area contributed by atoms with Gasteiger partial charge in [-0.3, -0.25) is 9.32 Å². The van der Waals surface area contributed by atoms with Crippen molar-refractivity contribution in [1.29, 1.82) is 0 Å². The first-order valence-electron chi connectivity index (χ1n) is 7.07. The summed E-state index contributed by atoms with van der Waals surface area (Å²) >= 11 is 1.63. The molecular weight excluding hydrogens is 314 g/mol. The largest absolute Gasteiger partial charge is 0.442 e. The molecule has 0 atom stereocenters. The number of nitrogens with one attached hydrogen (secondary N) is 1. The second-order valence-corrected chi connectivity index (χ2v) is 6.39. The fourth-order valence-electron chi connectivity index (χ4n) is 2.17. The quantitative estimate of drug-likeness (QED) is 0.778. The van der Waals surface area contributed by atoms with Crippen LogP contribution in [0.3, 0.4) is 0 Å². The molecule has 0 saturated heterocycles. The zero-order valence-electron chi connectivity index (χ0n) is 12.5. The Kier molecular flexibility index (Phi) is 4.38. The normalized spacial score (nSPS) is 10.7. The van der Waals surface area contributed by atoms with Gasteiger partial charge in [-0.25, -0.2) is 9.36 Å². The summed E-state index contributed by atoms with van der Waals surface area (Å²) in [5.41, 5.74) is 0.722. The number of nitrogens with zero attached hydrogens (tertiary/aromatic N) is 2. The van der Waals surface area contributed by atoms with E-state index >= 15 is 0 Å². The van der Waals surface area contributed by atoms with Crippen molar-refractivity contribution in [3.05, 3.63) is 62.8 Å². The Labute approximate surface area is 136 Å². The minimum Gasteiger partial charge on any atom is -0.350 e. The van der Waals surface area contributed by atoms with Crippen LogP contribution >= 0.6 is 11.3 Å². The maximum absolute atomic E-state index is 12.1. The average molecular weight is 329 g/mol. The van der Waals surface area contributed by atoms with E-state index in [2.05, 4.69) is 10.5 Å². The highest BCUT2D eigenvalue weighted by Crippen LogP contribution is 2.15. The molecule has 0 bridgehead atoms. The number of aromatic nitrogens is 2. The number of carbonyl (C=O) groups excluding carboxylic acids is 1. The molecule has 0 aliphatic carbocycles. The monoisotopic (exact) mass is 329 g/mol. The molecule has 1 aromatic carbocycles. The van der Waals surface area contributed by atoms with Gasteiger partial charge in [-0.2, -0.15) is 0 Å². The maximum atomic E-state index is 12.1. The van der Waals surface area contributed by atoms with Gasteiger partial charge < -0.3 is 5.32 Å². The molecule has 1 amide bonds. The van der Waals surface area contributed by atoms with Crippen molar-refractivity contribution in [1.82, 2.24) is 15.0 Å². The van der Waals surface area contributed by atoms with Crippen LogP contribution in [0, 0.1) is 6.92 Å². The Bertz CT molecular complexity index is 864. The maximum Gasteiger partial charge on any atom is 0.442 e. The smallest absolute Gasteiger partial charge is 0.350 e. The second-order valence-electron chi connectivity index (χ2n) is 5.01. The molecule has 118 valence electrons. The van der Waals surface area contributed by atoms with Gasteiger partial charge in [0.25, 0.3) is 0 Å². The molecule has 0 radical (unpaired) electrons. The summed E-state index contributed by atoms with van der Waals surface area (Å²) in [6.07, 6.45) is 0. The number of carbonyl (C=O) groups is 1. The SMILES string of the molecule is Cc1ccc(CNC(=O)Cn2c(-c3ccccc3)noc2=O)s1. The number of benzene rings is 1. The van der Waals surface area contributed by atoms with Crippen LogP contribution in [-0.4, -0.2) is 15.6 Å². The number of amides is 1. The number of rotatable bonds is 5. The number of thiophene rings is 1. The van der Waals surface area contributed by atoms with Gasteiger partial charge in [0.1, 0.15) is 6.54 Å². The van der Waals surface area contributed by atoms with E-state index in [1.54, 1.807) is 23.5 Å². The summed E-state index contributed by atoms with van der Waals surface area (Å²) in [5.74, 6) is -0.567. The lowest BCUT2D eigenvalue weighted by Gasteiger charge is -2.05. The lowest BCUT2D eigenvalue weighted by Crippen LogP contribution is -2.30. The lowest BCUT2D eigenvalue weighted by molar-refractivity contribution is -0.121. The van der Waals surface area contributed by atoms with E-state index in [0.717, 1.165) is 10.4 Å². The highest BCUT2D eigenvalue weighted by Gasteiger charge is 2.15. The van der Waals surface area contributed by atoms with E-state index < -0.39 is 5.76 Å². The van der Waals surface area contributed by atoms with E-state index in [-0.39, 0.29) is 12.5 Å². The highest BCUT2D eigenvalue weighted by atomic mass is 32.1. The molecule has 2 heterocycles. The average Bonchev–Trinajstić information content (AvgIpc) is 3.13. The molecule has 0 fully saturated rings. The van der Waals surface area contributed by atoms with Crippen LogP contribution in [0.1, 0.15) is 9.75 Å². The van der Waals surface area contributed by atoms with Crippen LogP contribution in [0.5, 0.6) is 0 Å². The van der Waals surface area contributed by atoms with Crippen LogP contribution in [0.4, 0.5) is 0 Å². The Hall–Kier alpha value is -2.67. The summed E-state index contributed by atoms with van der Waals surface area (Å²) in [5, 5.41) is 6.56. The predicted molar refractivity (Wildman–Crippen MR) is 87.1 cm³/mol. The molecule has 6 nitrogen and oxygen atoms in total. The van der Waals surface area contributed by atoms with Gasteiger partial charge in [-0.15, -0.1) is 11.3 Å². The van der Waals surface area contributed by atoms with Crippen molar-refractivity contribution < 1.29 is 9.32 Å². The molecule has 1 N–H and O–H groups in total. The van der Waals surface area contributed by atoms with Crippen molar-refractivity contribution in [3.8, 4) is 11.4 Å². The first-order chi connectivity index (χ1) is 11.1. The zero-order chi connectivity index (χ0) is 16.2. The second kappa shape index (κ2) is 6.62. The fourth-order valence-corrected chi connectivity index (χ4v) is 3.00. The molecule has 3 rings (SSSR count). The molecule has 3 aromatic rings. The Morgan fingerprint density at radius 1 is 1.26 bits per heavy atom. The van der Waals surface area contributed by atoms with Gasteiger partial charge in [0.15, 0.2) is 5.82 Å². The Morgan fingerprint density at radius 2 is 2.04 bits per heavy atom.